The highest BCUT2D eigenvalue weighted by atomic mass is 16.5. The van der Waals surface area contributed by atoms with Crippen LogP contribution in [-0.2, 0) is 11.4 Å². The van der Waals surface area contributed by atoms with Gasteiger partial charge in [-0.2, -0.15) is 0 Å². The minimum atomic E-state index is 0.0133. The summed E-state index contributed by atoms with van der Waals surface area (Å²) in [6.45, 7) is 4.27. The number of amides is 1. The second-order valence-electron chi connectivity index (χ2n) is 5.96. The van der Waals surface area contributed by atoms with E-state index in [2.05, 4.69) is 10.6 Å². The van der Waals surface area contributed by atoms with Gasteiger partial charge in [0.25, 0.3) is 0 Å². The Balaban J connectivity index is 1.64. The van der Waals surface area contributed by atoms with Gasteiger partial charge in [-0.15, -0.1) is 0 Å². The van der Waals surface area contributed by atoms with Crippen LogP contribution in [0.15, 0.2) is 54.6 Å². The molecule has 0 bridgehead atoms. The van der Waals surface area contributed by atoms with Crippen LogP contribution in [0.2, 0.25) is 0 Å². The van der Waals surface area contributed by atoms with Crippen molar-refractivity contribution in [2.24, 2.45) is 11.8 Å². The van der Waals surface area contributed by atoms with Crippen molar-refractivity contribution in [3.63, 3.8) is 0 Å². The van der Waals surface area contributed by atoms with Gasteiger partial charge in [0.15, 0.2) is 0 Å². The summed E-state index contributed by atoms with van der Waals surface area (Å²) >= 11 is 0. The number of hydrogen-bond acceptors (Lipinski definition) is 3. The van der Waals surface area contributed by atoms with Gasteiger partial charge in [0.05, 0.1) is 0 Å². The van der Waals surface area contributed by atoms with Crippen molar-refractivity contribution in [2.45, 2.75) is 13.5 Å². The van der Waals surface area contributed by atoms with Crippen LogP contribution in [-0.4, -0.2) is 19.0 Å². The zero-order valence-electron chi connectivity index (χ0n) is 13.3. The lowest BCUT2D eigenvalue weighted by molar-refractivity contribution is -0.121. The van der Waals surface area contributed by atoms with Gasteiger partial charge in [-0.05, 0) is 37.2 Å². The van der Waals surface area contributed by atoms with E-state index in [4.69, 9.17) is 4.74 Å². The lowest BCUT2D eigenvalue weighted by Crippen LogP contribution is -2.48. The van der Waals surface area contributed by atoms with Crippen molar-refractivity contribution in [3.8, 4) is 5.75 Å². The number of anilines is 1. The average molecular weight is 310 g/mol. The van der Waals surface area contributed by atoms with E-state index < -0.39 is 0 Å². The Labute approximate surface area is 136 Å². The molecule has 2 N–H and O–H groups in total. The highest BCUT2D eigenvalue weighted by Gasteiger charge is 2.28. The van der Waals surface area contributed by atoms with Crippen LogP contribution < -0.4 is 15.4 Å². The van der Waals surface area contributed by atoms with Gasteiger partial charge in [0.2, 0.25) is 5.91 Å². The van der Waals surface area contributed by atoms with E-state index >= 15 is 0 Å². The molecule has 4 nitrogen and oxygen atoms in total. The van der Waals surface area contributed by atoms with Gasteiger partial charge in [-0.1, -0.05) is 43.3 Å². The first-order chi connectivity index (χ1) is 11.2. The zero-order valence-corrected chi connectivity index (χ0v) is 13.3. The van der Waals surface area contributed by atoms with Crippen LogP contribution in [0.4, 0.5) is 5.69 Å². The van der Waals surface area contributed by atoms with Crippen molar-refractivity contribution >= 4 is 11.6 Å². The largest absolute Gasteiger partial charge is 0.489 e. The molecule has 3 rings (SSSR count). The van der Waals surface area contributed by atoms with E-state index in [0.717, 1.165) is 30.1 Å². The van der Waals surface area contributed by atoms with Gasteiger partial charge in [0.1, 0.15) is 12.4 Å². The fourth-order valence-corrected chi connectivity index (χ4v) is 2.57. The van der Waals surface area contributed by atoms with Crippen molar-refractivity contribution in [3.05, 3.63) is 60.2 Å². The topological polar surface area (TPSA) is 50.4 Å². The lowest BCUT2D eigenvalue weighted by Gasteiger charge is -2.31. The third-order valence-electron chi connectivity index (χ3n) is 4.35. The number of carbonyl (C=O) groups excluding carboxylic acids is 1. The first-order valence-electron chi connectivity index (χ1n) is 8.01. The molecule has 1 aliphatic rings. The molecule has 0 spiro atoms. The molecule has 1 heterocycles. The molecule has 1 fully saturated rings. The van der Waals surface area contributed by atoms with Crippen molar-refractivity contribution in [2.75, 3.05) is 18.4 Å². The van der Waals surface area contributed by atoms with E-state index in [9.17, 15) is 4.79 Å². The van der Waals surface area contributed by atoms with Crippen LogP contribution in [0.25, 0.3) is 0 Å². The molecule has 0 radical (unpaired) electrons. The molecular formula is C19H22N2O2. The molecule has 1 aliphatic heterocycles. The summed E-state index contributed by atoms with van der Waals surface area (Å²) in [4.78, 5) is 12.4. The molecule has 120 valence electrons. The quantitative estimate of drug-likeness (QED) is 0.862. The molecule has 23 heavy (non-hydrogen) atoms. The number of hydrogen-bond donors (Lipinski definition) is 2. The highest BCUT2D eigenvalue weighted by molar-refractivity contribution is 5.93. The van der Waals surface area contributed by atoms with Crippen molar-refractivity contribution in [1.82, 2.24) is 5.32 Å². The summed E-state index contributed by atoms with van der Waals surface area (Å²) in [5, 5.41) is 6.26. The Bertz CT molecular complexity index is 653. The number of carbonyl (C=O) groups is 1. The Morgan fingerprint density at radius 3 is 2.57 bits per heavy atom. The molecule has 1 unspecified atom stereocenters. The van der Waals surface area contributed by atoms with E-state index in [0.29, 0.717) is 12.5 Å². The monoisotopic (exact) mass is 310 g/mol. The van der Waals surface area contributed by atoms with Crippen LogP contribution >= 0.6 is 0 Å². The Morgan fingerprint density at radius 1 is 1.17 bits per heavy atom. The van der Waals surface area contributed by atoms with Gasteiger partial charge in [-0.25, -0.2) is 0 Å². The third kappa shape index (κ3) is 3.90. The number of benzene rings is 2. The maximum atomic E-state index is 12.4. The summed E-state index contributed by atoms with van der Waals surface area (Å²) in [7, 11) is 0. The second kappa shape index (κ2) is 7.29. The summed E-state index contributed by atoms with van der Waals surface area (Å²) in [5.74, 6) is 1.34. The smallest absolute Gasteiger partial charge is 0.227 e. The van der Waals surface area contributed by atoms with Crippen LogP contribution in [0, 0.1) is 11.8 Å². The third-order valence-corrected chi connectivity index (χ3v) is 4.35. The van der Waals surface area contributed by atoms with Crippen LogP contribution in [0.1, 0.15) is 12.5 Å². The lowest BCUT2D eigenvalue weighted by atomic mass is 9.88. The van der Waals surface area contributed by atoms with Gasteiger partial charge in [-0.3, -0.25) is 4.79 Å². The zero-order chi connectivity index (χ0) is 16.1. The Morgan fingerprint density at radius 2 is 1.87 bits per heavy atom. The first kappa shape index (κ1) is 15.6. The minimum absolute atomic E-state index is 0.0133. The molecule has 1 amide bonds. The molecule has 1 atom stereocenters. The molecular weight excluding hydrogens is 288 g/mol. The summed E-state index contributed by atoms with van der Waals surface area (Å²) in [6.07, 6.45) is 0. The van der Waals surface area contributed by atoms with E-state index in [1.807, 2.05) is 61.5 Å². The summed E-state index contributed by atoms with van der Waals surface area (Å²) in [5.41, 5.74) is 1.80. The maximum absolute atomic E-state index is 12.4. The average Bonchev–Trinajstić information content (AvgIpc) is 2.53. The number of rotatable bonds is 6. The molecule has 4 heteroatoms. The maximum Gasteiger partial charge on any atom is 0.227 e. The normalized spacial score (nSPS) is 15.5. The van der Waals surface area contributed by atoms with Crippen LogP contribution in [0.5, 0.6) is 5.75 Å². The van der Waals surface area contributed by atoms with Gasteiger partial charge >= 0.3 is 0 Å². The first-order valence-corrected chi connectivity index (χ1v) is 8.01. The Kier molecular flexibility index (Phi) is 4.93. The van der Waals surface area contributed by atoms with Crippen molar-refractivity contribution < 1.29 is 9.53 Å². The van der Waals surface area contributed by atoms with Gasteiger partial charge in [0, 0.05) is 17.2 Å². The summed E-state index contributed by atoms with van der Waals surface area (Å²) < 4.78 is 5.79. The predicted molar refractivity (Wildman–Crippen MR) is 91.4 cm³/mol. The van der Waals surface area contributed by atoms with E-state index in [1.54, 1.807) is 0 Å². The van der Waals surface area contributed by atoms with Crippen molar-refractivity contribution in [1.29, 1.82) is 0 Å². The molecule has 0 saturated carbocycles. The number of nitrogens with one attached hydrogen (secondary N) is 2. The summed E-state index contributed by atoms with van der Waals surface area (Å²) in [6, 6.07) is 17.5. The molecule has 0 aliphatic carbocycles. The molecule has 2 aromatic carbocycles. The SMILES string of the molecule is CC(C(=O)Nc1ccccc1COc1ccccc1)C1CNC1. The molecule has 1 saturated heterocycles. The standard InChI is InChI=1S/C19H22N2O2/c1-14(16-11-20-12-16)19(22)21-18-10-6-5-7-15(18)13-23-17-8-3-2-4-9-17/h2-10,14,16,20H,11-13H2,1H3,(H,21,22). The molecule has 0 aromatic heterocycles. The number of para-hydroxylation sites is 2. The fraction of sp³-hybridized carbons (Fsp3) is 0.316. The van der Waals surface area contributed by atoms with Crippen LogP contribution in [0.3, 0.4) is 0 Å². The van der Waals surface area contributed by atoms with E-state index in [1.165, 1.54) is 0 Å². The molecule has 2 aromatic rings. The fourth-order valence-electron chi connectivity index (χ4n) is 2.57. The Hall–Kier alpha value is -2.33. The van der Waals surface area contributed by atoms with E-state index in [-0.39, 0.29) is 11.8 Å². The second-order valence-corrected chi connectivity index (χ2v) is 5.96. The minimum Gasteiger partial charge on any atom is -0.489 e. The predicted octanol–water partition coefficient (Wildman–Crippen LogP) is 3.06. The van der Waals surface area contributed by atoms with Gasteiger partial charge < -0.3 is 15.4 Å². The number of ether oxygens (including phenoxy) is 1. The highest BCUT2D eigenvalue weighted by Crippen LogP contribution is 2.22.